The number of aromatic amines is 1. The van der Waals surface area contributed by atoms with Crippen LogP contribution >= 0.6 is 0 Å². The number of anilines is 4. The minimum Gasteiger partial charge on any atom is -0.491 e. The van der Waals surface area contributed by atoms with Crippen molar-refractivity contribution in [3.05, 3.63) is 250 Å². The highest BCUT2D eigenvalue weighted by Gasteiger charge is 2.59. The summed E-state index contributed by atoms with van der Waals surface area (Å²) in [5, 5.41) is 7.02. The first-order valence-electron chi connectivity index (χ1n) is 31.3. The molecule has 1 N–H and O–H groups in total. The smallest absolute Gasteiger partial charge is 0.246 e. The Bertz CT molecular complexity index is 3840. The number of carbonyl (C=O) groups excluding carboxylic acids is 4. The van der Waals surface area contributed by atoms with E-state index >= 15 is 0 Å². The molecule has 90 heavy (non-hydrogen) atoms. The normalized spacial score (nSPS) is 20.8. The fourth-order valence-electron chi connectivity index (χ4n) is 13.6. The predicted molar refractivity (Wildman–Crippen MR) is 355 cm³/mol. The van der Waals surface area contributed by atoms with E-state index < -0.39 is 21.7 Å². The van der Waals surface area contributed by atoms with E-state index in [1.54, 1.807) is 19.6 Å². The summed E-state index contributed by atoms with van der Waals surface area (Å²) >= 11 is 0. The third kappa shape index (κ3) is 9.64. The number of aryl methyl sites for hydroxylation is 1. The second-order valence-corrected chi connectivity index (χ2v) is 21.7. The van der Waals surface area contributed by atoms with Crippen molar-refractivity contribution in [3.8, 4) is 23.0 Å². The average molecular weight is 1210 g/mol. The van der Waals surface area contributed by atoms with Gasteiger partial charge in [0.1, 0.15) is 76.9 Å². The molecule has 4 spiro atoms. The highest BCUT2D eigenvalue weighted by atomic mass is 16.5. The van der Waals surface area contributed by atoms with Crippen molar-refractivity contribution in [1.29, 1.82) is 0 Å². The second-order valence-electron chi connectivity index (χ2n) is 21.7. The van der Waals surface area contributed by atoms with Gasteiger partial charge < -0.3 is 38.5 Å². The van der Waals surface area contributed by atoms with Crippen LogP contribution in [0.3, 0.4) is 0 Å². The van der Waals surface area contributed by atoms with Crippen LogP contribution in [0.5, 0.6) is 23.0 Å². The number of carbonyl (C=O) groups is 4. The Kier molecular flexibility index (Phi) is 18.2. The van der Waals surface area contributed by atoms with Gasteiger partial charge in [-0.1, -0.05) is 201 Å². The first-order valence-corrected chi connectivity index (χ1v) is 31.3. The number of aromatic nitrogens is 3. The number of rotatable bonds is 2. The number of amides is 4. The fourth-order valence-corrected chi connectivity index (χ4v) is 13.6. The van der Waals surface area contributed by atoms with Crippen molar-refractivity contribution in [1.82, 2.24) is 15.2 Å². The molecule has 0 saturated carbocycles. The van der Waals surface area contributed by atoms with Gasteiger partial charge in [0.15, 0.2) is 5.82 Å². The van der Waals surface area contributed by atoms with E-state index in [0.29, 0.717) is 38.8 Å². The molecule has 4 unspecified atom stereocenters. The maximum atomic E-state index is 13.5. The van der Waals surface area contributed by atoms with Gasteiger partial charge >= 0.3 is 0 Å². The van der Waals surface area contributed by atoms with E-state index in [1.165, 1.54) is 0 Å². The summed E-state index contributed by atoms with van der Waals surface area (Å²) in [6, 6.07) is 63.0. The molecule has 0 fully saturated rings. The molecule has 0 saturated heterocycles. The molecular formula is C75H79N7O8. The number of ether oxygens (including phenoxy) is 4. The van der Waals surface area contributed by atoms with Crippen molar-refractivity contribution in [2.24, 2.45) is 0 Å². The van der Waals surface area contributed by atoms with Gasteiger partial charge in [-0.3, -0.25) is 24.3 Å². The lowest BCUT2D eigenvalue weighted by atomic mass is 9.77. The van der Waals surface area contributed by atoms with Crippen LogP contribution in [0.2, 0.25) is 0 Å². The molecule has 4 atom stereocenters. The van der Waals surface area contributed by atoms with Gasteiger partial charge in [0, 0.05) is 66.1 Å². The topological polar surface area (TPSA) is 160 Å². The quantitative estimate of drug-likeness (QED) is 0.176. The van der Waals surface area contributed by atoms with Crippen LogP contribution in [-0.2, 0) is 47.4 Å². The third-order valence-electron chi connectivity index (χ3n) is 17.6. The van der Waals surface area contributed by atoms with Gasteiger partial charge in [-0.05, 0) is 77.7 Å². The number of hydrogen-bond donors (Lipinski definition) is 1. The van der Waals surface area contributed by atoms with E-state index in [-0.39, 0.29) is 23.6 Å². The first kappa shape index (κ1) is 63.0. The van der Waals surface area contributed by atoms with Crippen LogP contribution in [0.4, 0.5) is 22.7 Å². The average Bonchev–Trinajstić information content (AvgIpc) is 1.58. The molecule has 0 radical (unpaired) electrons. The molecule has 15 heteroatoms. The van der Waals surface area contributed by atoms with Crippen molar-refractivity contribution in [2.45, 2.75) is 90.5 Å². The Morgan fingerprint density at radius 2 is 0.600 bits per heavy atom. The van der Waals surface area contributed by atoms with Crippen molar-refractivity contribution < 1.29 is 38.1 Å². The summed E-state index contributed by atoms with van der Waals surface area (Å²) < 4.78 is 23.2. The maximum Gasteiger partial charge on any atom is 0.246 e. The van der Waals surface area contributed by atoms with E-state index in [9.17, 15) is 19.2 Å². The summed E-state index contributed by atoms with van der Waals surface area (Å²) in [6.07, 6.45) is 0. The number of benzene rings is 8. The van der Waals surface area contributed by atoms with E-state index in [1.807, 2.05) is 278 Å². The van der Waals surface area contributed by atoms with Gasteiger partial charge in [0.2, 0.25) is 23.6 Å². The molecule has 0 bridgehead atoms. The van der Waals surface area contributed by atoms with Crippen LogP contribution < -0.4 is 38.5 Å². The highest BCUT2D eigenvalue weighted by molar-refractivity contribution is 6.14. The largest absolute Gasteiger partial charge is 0.491 e. The van der Waals surface area contributed by atoms with Gasteiger partial charge in [-0.25, -0.2) is 4.98 Å². The monoisotopic (exact) mass is 1210 g/mol. The highest BCUT2D eigenvalue weighted by Crippen LogP contribution is 2.56. The Hall–Kier alpha value is -10.0. The second kappa shape index (κ2) is 26.0. The summed E-state index contributed by atoms with van der Waals surface area (Å²) in [7, 11) is 5.49. The molecule has 4 amide bonds. The molecular weight excluding hydrogens is 1130 g/mol. The van der Waals surface area contributed by atoms with Crippen LogP contribution in [0, 0.1) is 6.92 Å². The van der Waals surface area contributed by atoms with Crippen LogP contribution in [0.25, 0.3) is 0 Å². The van der Waals surface area contributed by atoms with E-state index in [4.69, 9.17) is 18.9 Å². The van der Waals surface area contributed by atoms with Crippen LogP contribution in [0.1, 0.15) is 112 Å². The van der Waals surface area contributed by atoms with Crippen LogP contribution in [-0.4, -0.2) is 86.4 Å². The van der Waals surface area contributed by atoms with Crippen LogP contribution in [0.15, 0.2) is 194 Å². The summed E-state index contributed by atoms with van der Waals surface area (Å²) in [4.78, 5) is 63.3. The number of fused-ring (bicyclic) bond motifs is 16. The molecule has 1 aromatic heterocycles. The number of nitrogens with one attached hydrogen (secondary N) is 1. The Morgan fingerprint density at radius 3 is 0.889 bits per heavy atom. The van der Waals surface area contributed by atoms with Gasteiger partial charge in [0.05, 0.1) is 6.54 Å². The lowest BCUT2D eigenvalue weighted by Crippen LogP contribution is -2.42. The molecule has 462 valence electrons. The fraction of sp³-hybridized carbons (Fsp3) is 0.280. The van der Waals surface area contributed by atoms with Gasteiger partial charge in [0.25, 0.3) is 0 Å². The minimum atomic E-state index is -0.779. The van der Waals surface area contributed by atoms with E-state index in [0.717, 1.165) is 96.1 Å². The summed E-state index contributed by atoms with van der Waals surface area (Å²) in [5.41, 5.74) is 9.12. The minimum absolute atomic E-state index is 0.0149. The molecule has 0 aliphatic carbocycles. The number of H-pyrrole nitrogens is 1. The van der Waals surface area contributed by atoms with Gasteiger partial charge in [-0.2, -0.15) is 5.10 Å². The molecule has 8 aromatic carbocycles. The Balaban J connectivity index is 0.000000128. The SMILES string of the molecule is CC.CC.CC.CC.CN1C(=O)C2(COc3ccccc32)c2ccccc21.CN1C(=O)C2(COc3ccccc32)c2ccccc21.CN1C(=O)C2(COc3ccccc32)c2ccccc21.Cc1nc(CN2C(=O)C3(COc4ccccc43)c3ccccc32)n[nH]1. The maximum absolute atomic E-state index is 13.5. The van der Waals surface area contributed by atoms with Crippen molar-refractivity contribution >= 4 is 46.4 Å². The van der Waals surface area contributed by atoms with Gasteiger partial charge in [-0.15, -0.1) is 0 Å². The van der Waals surface area contributed by atoms with Crippen molar-refractivity contribution in [3.63, 3.8) is 0 Å². The molecule has 15 nitrogen and oxygen atoms in total. The zero-order valence-electron chi connectivity index (χ0n) is 53.5. The third-order valence-corrected chi connectivity index (χ3v) is 17.6. The summed E-state index contributed by atoms with van der Waals surface area (Å²) in [6.45, 7) is 19.7. The standard InChI is InChI=1S/C19H16N4O2.3C16H13NO2.4C2H6/c1-12-20-17(22-21-12)10-23-15-8-4-2-6-13(15)19(18(23)24)11-25-16-9-5-3-7-14(16)19;3*1-17-13-8-4-2-6-11(13)16(15(17)18)10-19-14-9-5-3-7-12(14)16;4*1-2/h2-9H,10-11H2,1H3,(H,20,21,22);3*2-9H,10H2,1H3;4*1-2H3. The lowest BCUT2D eigenvalue weighted by molar-refractivity contribution is -0.122. The molecule has 17 rings (SSSR count). The molecule has 9 heterocycles. The molecule has 9 aromatic rings. The zero-order chi connectivity index (χ0) is 64.1. The zero-order valence-corrected chi connectivity index (χ0v) is 53.5. The summed E-state index contributed by atoms with van der Waals surface area (Å²) in [5.74, 6) is 4.88. The number of nitrogens with zero attached hydrogens (tertiary/aromatic N) is 6. The first-order chi connectivity index (χ1) is 43.9. The predicted octanol–water partition coefficient (Wildman–Crippen LogP) is 13.5. The number of hydrogen-bond acceptors (Lipinski definition) is 10. The Labute approximate surface area is 528 Å². The lowest BCUT2D eigenvalue weighted by Gasteiger charge is -2.22. The Morgan fingerprint density at radius 1 is 0.356 bits per heavy atom. The number of likely N-dealkylation sites (N-methyl/N-ethyl adjacent to an activating group) is 3. The van der Waals surface area contributed by atoms with Crippen molar-refractivity contribution in [2.75, 3.05) is 67.2 Å². The molecule has 8 aliphatic rings. The number of para-hydroxylation sites is 8. The molecule has 8 aliphatic heterocycles. The van der Waals surface area contributed by atoms with E-state index in [2.05, 4.69) is 15.2 Å².